The third kappa shape index (κ3) is 4.19. The lowest BCUT2D eigenvalue weighted by atomic mass is 10.0. The molecule has 0 saturated carbocycles. The molecule has 156 valence electrons. The molecule has 1 atom stereocenters. The van der Waals surface area contributed by atoms with Crippen molar-refractivity contribution < 1.29 is 14.3 Å². The number of amides is 1. The lowest BCUT2D eigenvalue weighted by molar-refractivity contribution is 0.0941. The Labute approximate surface area is 180 Å². The van der Waals surface area contributed by atoms with Crippen LogP contribution in [-0.2, 0) is 0 Å². The van der Waals surface area contributed by atoms with E-state index < -0.39 is 0 Å². The van der Waals surface area contributed by atoms with E-state index in [-0.39, 0.29) is 11.9 Å². The van der Waals surface area contributed by atoms with Crippen molar-refractivity contribution in [1.29, 1.82) is 0 Å². The number of hydrogen-bond donors (Lipinski definition) is 1. The highest BCUT2D eigenvalue weighted by molar-refractivity contribution is 6.07. The van der Waals surface area contributed by atoms with Gasteiger partial charge in [-0.1, -0.05) is 24.3 Å². The monoisotopic (exact) mass is 413 g/mol. The second-order valence-corrected chi connectivity index (χ2v) is 7.12. The maximum absolute atomic E-state index is 13.3. The average Bonchev–Trinajstić information content (AvgIpc) is 2.83. The standard InChI is InChI=1S/C25H23N3O3/c1-16(17-10-11-23(30-2)24(13-17)31-3)27-25(29)20-14-22(18-7-6-12-26-15-18)28-21-9-5-4-8-19(20)21/h4-16H,1-3H3,(H,27,29). The molecular weight excluding hydrogens is 390 g/mol. The molecule has 0 fully saturated rings. The summed E-state index contributed by atoms with van der Waals surface area (Å²) in [6.45, 7) is 1.94. The molecule has 0 saturated heterocycles. The second kappa shape index (κ2) is 8.83. The van der Waals surface area contributed by atoms with E-state index in [0.29, 0.717) is 22.8 Å². The van der Waals surface area contributed by atoms with Gasteiger partial charge in [0.1, 0.15) is 0 Å². The van der Waals surface area contributed by atoms with Gasteiger partial charge in [-0.05, 0) is 48.9 Å². The number of nitrogens with one attached hydrogen (secondary N) is 1. The van der Waals surface area contributed by atoms with Crippen molar-refractivity contribution in [2.24, 2.45) is 0 Å². The van der Waals surface area contributed by atoms with E-state index in [1.165, 1.54) is 0 Å². The van der Waals surface area contributed by atoms with Gasteiger partial charge in [0.05, 0.1) is 37.0 Å². The Balaban J connectivity index is 1.69. The topological polar surface area (TPSA) is 73.3 Å². The first-order chi connectivity index (χ1) is 15.1. The van der Waals surface area contributed by atoms with E-state index in [1.54, 1.807) is 26.6 Å². The SMILES string of the molecule is COc1ccc(C(C)NC(=O)c2cc(-c3cccnc3)nc3ccccc23)cc1OC. The van der Waals surface area contributed by atoms with Gasteiger partial charge in [0.25, 0.3) is 5.91 Å². The molecule has 0 aliphatic carbocycles. The van der Waals surface area contributed by atoms with Crippen LogP contribution in [0.25, 0.3) is 22.2 Å². The van der Waals surface area contributed by atoms with E-state index in [4.69, 9.17) is 14.5 Å². The summed E-state index contributed by atoms with van der Waals surface area (Å²) in [6.07, 6.45) is 3.45. The number of rotatable bonds is 6. The zero-order valence-corrected chi connectivity index (χ0v) is 17.6. The summed E-state index contributed by atoms with van der Waals surface area (Å²) in [7, 11) is 3.19. The molecule has 0 aliphatic heterocycles. The maximum atomic E-state index is 13.3. The molecule has 0 radical (unpaired) electrons. The molecule has 4 aromatic rings. The van der Waals surface area contributed by atoms with Gasteiger partial charge in [-0.25, -0.2) is 4.98 Å². The number of hydrogen-bond acceptors (Lipinski definition) is 5. The highest BCUT2D eigenvalue weighted by Gasteiger charge is 2.18. The van der Waals surface area contributed by atoms with E-state index >= 15 is 0 Å². The van der Waals surface area contributed by atoms with Crippen molar-refractivity contribution in [1.82, 2.24) is 15.3 Å². The predicted octanol–water partition coefficient (Wildman–Crippen LogP) is 4.81. The van der Waals surface area contributed by atoms with Crippen molar-refractivity contribution in [3.05, 3.63) is 84.2 Å². The van der Waals surface area contributed by atoms with Crippen LogP contribution >= 0.6 is 0 Å². The number of carbonyl (C=O) groups excluding carboxylic acids is 1. The average molecular weight is 413 g/mol. The zero-order valence-electron chi connectivity index (χ0n) is 17.6. The Hall–Kier alpha value is -3.93. The Morgan fingerprint density at radius 2 is 1.77 bits per heavy atom. The quantitative estimate of drug-likeness (QED) is 0.491. The van der Waals surface area contributed by atoms with Crippen molar-refractivity contribution in [3.8, 4) is 22.8 Å². The number of ether oxygens (including phenoxy) is 2. The number of fused-ring (bicyclic) bond motifs is 1. The highest BCUT2D eigenvalue weighted by atomic mass is 16.5. The number of methoxy groups -OCH3 is 2. The summed E-state index contributed by atoms with van der Waals surface area (Å²) < 4.78 is 10.7. The van der Waals surface area contributed by atoms with Gasteiger partial charge < -0.3 is 14.8 Å². The van der Waals surface area contributed by atoms with Gasteiger partial charge >= 0.3 is 0 Å². The largest absolute Gasteiger partial charge is 0.493 e. The normalized spacial score (nSPS) is 11.7. The van der Waals surface area contributed by atoms with Crippen molar-refractivity contribution in [2.75, 3.05) is 14.2 Å². The summed E-state index contributed by atoms with van der Waals surface area (Å²) in [6, 6.07) is 18.6. The minimum absolute atomic E-state index is 0.175. The van der Waals surface area contributed by atoms with Gasteiger partial charge in [-0.3, -0.25) is 9.78 Å². The number of nitrogens with zero attached hydrogens (tertiary/aromatic N) is 2. The molecule has 1 amide bonds. The minimum atomic E-state index is -0.235. The number of benzene rings is 2. The third-order valence-electron chi connectivity index (χ3n) is 5.17. The smallest absolute Gasteiger partial charge is 0.252 e. The van der Waals surface area contributed by atoms with Crippen LogP contribution in [0.4, 0.5) is 0 Å². The van der Waals surface area contributed by atoms with E-state index in [0.717, 1.165) is 22.0 Å². The van der Waals surface area contributed by atoms with Crippen LogP contribution in [0.3, 0.4) is 0 Å². The first-order valence-corrected chi connectivity index (χ1v) is 9.93. The van der Waals surface area contributed by atoms with Crippen LogP contribution in [0.5, 0.6) is 11.5 Å². The fourth-order valence-corrected chi connectivity index (χ4v) is 3.51. The van der Waals surface area contributed by atoms with Gasteiger partial charge in [0, 0.05) is 23.3 Å². The lowest BCUT2D eigenvalue weighted by Gasteiger charge is -2.17. The molecule has 0 aliphatic rings. The Morgan fingerprint density at radius 1 is 0.968 bits per heavy atom. The fourth-order valence-electron chi connectivity index (χ4n) is 3.51. The van der Waals surface area contributed by atoms with Crippen molar-refractivity contribution in [3.63, 3.8) is 0 Å². The molecule has 4 rings (SSSR count). The second-order valence-electron chi connectivity index (χ2n) is 7.12. The molecule has 2 aromatic carbocycles. The molecule has 0 spiro atoms. The molecule has 6 heteroatoms. The van der Waals surface area contributed by atoms with Gasteiger partial charge in [-0.15, -0.1) is 0 Å². The minimum Gasteiger partial charge on any atom is -0.493 e. The summed E-state index contributed by atoms with van der Waals surface area (Å²) in [5.41, 5.74) is 3.80. The van der Waals surface area contributed by atoms with Crippen molar-refractivity contribution >= 4 is 16.8 Å². The van der Waals surface area contributed by atoms with Gasteiger partial charge in [0.15, 0.2) is 11.5 Å². The van der Waals surface area contributed by atoms with Gasteiger partial charge in [-0.2, -0.15) is 0 Å². The highest BCUT2D eigenvalue weighted by Crippen LogP contribution is 2.30. The van der Waals surface area contributed by atoms with Crippen LogP contribution in [0.15, 0.2) is 73.1 Å². The number of aromatic nitrogens is 2. The first kappa shape index (κ1) is 20.3. The molecule has 2 aromatic heterocycles. The maximum Gasteiger partial charge on any atom is 0.252 e. The predicted molar refractivity (Wildman–Crippen MR) is 120 cm³/mol. The van der Waals surface area contributed by atoms with E-state index in [1.807, 2.05) is 67.6 Å². The number of pyridine rings is 2. The Kier molecular flexibility index (Phi) is 5.80. The van der Waals surface area contributed by atoms with E-state index in [2.05, 4.69) is 10.3 Å². The summed E-state index contributed by atoms with van der Waals surface area (Å²) >= 11 is 0. The summed E-state index contributed by atoms with van der Waals surface area (Å²) in [5, 5.41) is 3.89. The molecule has 1 N–H and O–H groups in total. The van der Waals surface area contributed by atoms with E-state index in [9.17, 15) is 4.79 Å². The third-order valence-corrected chi connectivity index (χ3v) is 5.17. The Bertz CT molecular complexity index is 1230. The molecule has 1 unspecified atom stereocenters. The zero-order chi connectivity index (χ0) is 21.8. The van der Waals surface area contributed by atoms with Crippen LogP contribution in [0.1, 0.15) is 28.9 Å². The fraction of sp³-hybridized carbons (Fsp3) is 0.160. The van der Waals surface area contributed by atoms with Crippen LogP contribution in [0.2, 0.25) is 0 Å². The van der Waals surface area contributed by atoms with Gasteiger partial charge in [0.2, 0.25) is 0 Å². The first-order valence-electron chi connectivity index (χ1n) is 9.93. The number of para-hydroxylation sites is 1. The van der Waals surface area contributed by atoms with Crippen molar-refractivity contribution in [2.45, 2.75) is 13.0 Å². The number of carbonyl (C=O) groups is 1. The Morgan fingerprint density at radius 3 is 2.52 bits per heavy atom. The lowest BCUT2D eigenvalue weighted by Crippen LogP contribution is -2.27. The summed E-state index contributed by atoms with van der Waals surface area (Å²) in [4.78, 5) is 22.2. The molecule has 0 bridgehead atoms. The molecule has 2 heterocycles. The summed E-state index contributed by atoms with van der Waals surface area (Å²) in [5.74, 6) is 1.09. The van der Waals surface area contributed by atoms with Crippen LogP contribution in [-0.4, -0.2) is 30.1 Å². The molecule has 6 nitrogen and oxygen atoms in total. The van der Waals surface area contributed by atoms with Crippen LogP contribution in [0, 0.1) is 0 Å². The van der Waals surface area contributed by atoms with Crippen LogP contribution < -0.4 is 14.8 Å². The molecular formula is C25H23N3O3. The molecule has 31 heavy (non-hydrogen) atoms.